The Morgan fingerprint density at radius 2 is 2.14 bits per heavy atom. The van der Waals surface area contributed by atoms with Crippen LogP contribution in [-0.2, 0) is 11.2 Å². The van der Waals surface area contributed by atoms with Crippen molar-refractivity contribution in [2.75, 3.05) is 6.54 Å². The number of nitrogens with one attached hydrogen (secondary N) is 1. The Labute approximate surface area is 123 Å². The van der Waals surface area contributed by atoms with Crippen LogP contribution in [0.1, 0.15) is 36.3 Å². The molecule has 4 bridgehead atoms. The number of piperidine rings is 1. The second-order valence-electron chi connectivity index (χ2n) is 6.94. The standard InChI is InChI=1S/C17H19NO3/c19-12-3-1-8-7-11-9-2-4-13(20)17-15(10(9)5-6-18-11)14(8)16(12)21-17/h1,3,9-11,15,17-19H,2,4-7H2/t9-,10+,11-,15?,17+/m1/s1. The van der Waals surface area contributed by atoms with Crippen LogP contribution in [0.5, 0.6) is 11.5 Å². The molecule has 2 aliphatic carbocycles. The van der Waals surface area contributed by atoms with Crippen LogP contribution in [0.2, 0.25) is 0 Å². The number of ketones is 1. The minimum Gasteiger partial charge on any atom is -0.504 e. The summed E-state index contributed by atoms with van der Waals surface area (Å²) in [6, 6.07) is 4.22. The quantitative estimate of drug-likeness (QED) is 0.762. The van der Waals surface area contributed by atoms with Gasteiger partial charge in [-0.25, -0.2) is 0 Å². The van der Waals surface area contributed by atoms with Crippen molar-refractivity contribution in [3.05, 3.63) is 23.3 Å². The van der Waals surface area contributed by atoms with E-state index in [2.05, 4.69) is 5.32 Å². The van der Waals surface area contributed by atoms with Gasteiger partial charge >= 0.3 is 0 Å². The average molecular weight is 285 g/mol. The molecule has 0 spiro atoms. The highest BCUT2D eigenvalue weighted by Crippen LogP contribution is 2.56. The van der Waals surface area contributed by atoms with Gasteiger partial charge in [-0.05, 0) is 49.3 Å². The summed E-state index contributed by atoms with van der Waals surface area (Å²) < 4.78 is 5.97. The lowest BCUT2D eigenvalue weighted by Crippen LogP contribution is -2.47. The van der Waals surface area contributed by atoms with Crippen molar-refractivity contribution in [2.45, 2.75) is 43.7 Å². The van der Waals surface area contributed by atoms with Gasteiger partial charge in [0.15, 0.2) is 23.4 Å². The van der Waals surface area contributed by atoms with Crippen molar-refractivity contribution in [1.29, 1.82) is 0 Å². The zero-order valence-corrected chi connectivity index (χ0v) is 11.8. The highest BCUT2D eigenvalue weighted by molar-refractivity contribution is 5.87. The maximum absolute atomic E-state index is 12.5. The molecule has 1 saturated carbocycles. The first-order valence-corrected chi connectivity index (χ1v) is 8.01. The zero-order chi connectivity index (χ0) is 14.1. The number of Topliss-reactive ketones (excluding diaryl/α,β-unsaturated/α-hetero) is 1. The van der Waals surface area contributed by atoms with E-state index in [1.54, 1.807) is 6.07 Å². The van der Waals surface area contributed by atoms with Crippen molar-refractivity contribution in [1.82, 2.24) is 5.32 Å². The molecule has 4 aliphatic rings. The predicted molar refractivity (Wildman–Crippen MR) is 76.6 cm³/mol. The summed E-state index contributed by atoms with van der Waals surface area (Å²) in [6.45, 7) is 1.03. The van der Waals surface area contributed by atoms with Crippen molar-refractivity contribution in [2.24, 2.45) is 11.8 Å². The lowest BCUT2D eigenvalue weighted by molar-refractivity contribution is -0.125. The number of carbonyl (C=O) groups excluding carboxylic acids is 1. The fourth-order valence-electron chi connectivity index (χ4n) is 5.22. The monoisotopic (exact) mass is 285 g/mol. The third-order valence-electron chi connectivity index (χ3n) is 6.06. The molecular formula is C17H19NO3. The second-order valence-corrected chi connectivity index (χ2v) is 6.94. The van der Waals surface area contributed by atoms with Gasteiger partial charge in [0.05, 0.1) is 0 Å². The third-order valence-corrected chi connectivity index (χ3v) is 6.06. The maximum Gasteiger partial charge on any atom is 0.173 e. The SMILES string of the molecule is O=C1CC[C@@H]2[C@@H]3CCN[C@@H]2Cc2ccc(O)c4c2C3[C@H]1O4. The largest absolute Gasteiger partial charge is 0.504 e. The lowest BCUT2D eigenvalue weighted by Gasteiger charge is -2.38. The Bertz CT molecular complexity index is 641. The summed E-state index contributed by atoms with van der Waals surface area (Å²) in [7, 11) is 0. The second kappa shape index (κ2) is 4.01. The molecule has 2 N–H and O–H groups in total. The first-order chi connectivity index (χ1) is 10.2. The number of hydrogen-bond acceptors (Lipinski definition) is 4. The maximum atomic E-state index is 12.5. The Morgan fingerprint density at radius 1 is 1.24 bits per heavy atom. The summed E-state index contributed by atoms with van der Waals surface area (Å²) in [5, 5.41) is 13.8. The van der Waals surface area contributed by atoms with Gasteiger partial charge in [-0.3, -0.25) is 4.79 Å². The average Bonchev–Trinajstić information content (AvgIpc) is 2.80. The van der Waals surface area contributed by atoms with E-state index < -0.39 is 0 Å². The minimum absolute atomic E-state index is 0.161. The normalized spacial score (nSPS) is 39.4. The molecule has 1 saturated heterocycles. The van der Waals surface area contributed by atoms with Crippen molar-refractivity contribution in [3.63, 3.8) is 0 Å². The Kier molecular flexibility index (Phi) is 2.30. The summed E-state index contributed by atoms with van der Waals surface area (Å²) in [6.07, 6.45) is 3.33. The Morgan fingerprint density at radius 3 is 3.05 bits per heavy atom. The lowest BCUT2D eigenvalue weighted by atomic mass is 9.72. The van der Waals surface area contributed by atoms with E-state index in [1.165, 1.54) is 5.56 Å². The first kappa shape index (κ1) is 12.0. The van der Waals surface area contributed by atoms with E-state index in [-0.39, 0.29) is 23.6 Å². The molecule has 2 fully saturated rings. The molecule has 110 valence electrons. The fourth-order valence-corrected chi connectivity index (χ4v) is 5.22. The van der Waals surface area contributed by atoms with Crippen molar-refractivity contribution >= 4 is 5.78 Å². The van der Waals surface area contributed by atoms with Gasteiger partial charge in [-0.1, -0.05) is 6.07 Å². The molecule has 2 heterocycles. The van der Waals surface area contributed by atoms with E-state index in [0.717, 1.165) is 31.4 Å². The number of ether oxygens (including phenoxy) is 1. The fraction of sp³-hybridized carbons (Fsp3) is 0.588. The zero-order valence-electron chi connectivity index (χ0n) is 11.8. The molecule has 5 atom stereocenters. The minimum atomic E-state index is -0.362. The molecule has 0 aromatic heterocycles. The Hall–Kier alpha value is -1.55. The van der Waals surface area contributed by atoms with Crippen LogP contribution in [0.3, 0.4) is 0 Å². The highest BCUT2D eigenvalue weighted by Gasteiger charge is 2.53. The number of benzene rings is 1. The summed E-state index contributed by atoms with van der Waals surface area (Å²) in [4.78, 5) is 12.5. The van der Waals surface area contributed by atoms with E-state index in [1.807, 2.05) is 6.07 Å². The van der Waals surface area contributed by atoms with Gasteiger partial charge in [0.1, 0.15) is 0 Å². The number of aromatic hydroxyl groups is 1. The van der Waals surface area contributed by atoms with Gasteiger partial charge in [0.2, 0.25) is 0 Å². The third kappa shape index (κ3) is 1.46. The molecule has 4 heteroatoms. The molecular weight excluding hydrogens is 266 g/mol. The molecule has 1 aromatic carbocycles. The molecule has 4 nitrogen and oxygen atoms in total. The molecule has 5 rings (SSSR count). The number of rotatable bonds is 0. The number of phenolic OH excluding ortho intramolecular Hbond substituents is 1. The van der Waals surface area contributed by atoms with E-state index in [0.29, 0.717) is 30.0 Å². The molecule has 0 radical (unpaired) electrons. The number of hydrogen-bond donors (Lipinski definition) is 2. The van der Waals surface area contributed by atoms with Gasteiger partial charge in [-0.15, -0.1) is 0 Å². The smallest absolute Gasteiger partial charge is 0.173 e. The highest BCUT2D eigenvalue weighted by atomic mass is 16.5. The van der Waals surface area contributed by atoms with Crippen LogP contribution in [-0.4, -0.2) is 29.6 Å². The Balaban J connectivity index is 1.78. The molecule has 2 aliphatic heterocycles. The van der Waals surface area contributed by atoms with Crippen LogP contribution in [0, 0.1) is 11.8 Å². The molecule has 1 unspecified atom stereocenters. The number of phenols is 1. The van der Waals surface area contributed by atoms with Gasteiger partial charge < -0.3 is 15.2 Å². The predicted octanol–water partition coefficient (Wildman–Crippen LogP) is 1.75. The summed E-state index contributed by atoms with van der Waals surface area (Å²) in [5.41, 5.74) is 2.40. The van der Waals surface area contributed by atoms with Gasteiger partial charge in [-0.2, -0.15) is 0 Å². The van der Waals surface area contributed by atoms with Crippen LogP contribution >= 0.6 is 0 Å². The van der Waals surface area contributed by atoms with Crippen LogP contribution in [0.4, 0.5) is 0 Å². The first-order valence-electron chi connectivity index (χ1n) is 8.01. The van der Waals surface area contributed by atoms with Crippen molar-refractivity contribution in [3.8, 4) is 11.5 Å². The van der Waals surface area contributed by atoms with Crippen LogP contribution < -0.4 is 10.1 Å². The topological polar surface area (TPSA) is 58.6 Å². The van der Waals surface area contributed by atoms with Crippen molar-refractivity contribution < 1.29 is 14.6 Å². The van der Waals surface area contributed by atoms with Gasteiger partial charge in [0, 0.05) is 23.9 Å². The van der Waals surface area contributed by atoms with Gasteiger partial charge in [0.25, 0.3) is 0 Å². The van der Waals surface area contributed by atoms with E-state index in [9.17, 15) is 9.90 Å². The van der Waals surface area contributed by atoms with Crippen LogP contribution in [0.15, 0.2) is 12.1 Å². The molecule has 21 heavy (non-hydrogen) atoms. The van der Waals surface area contributed by atoms with E-state index in [4.69, 9.17) is 4.74 Å². The van der Waals surface area contributed by atoms with E-state index >= 15 is 0 Å². The summed E-state index contributed by atoms with van der Waals surface area (Å²) >= 11 is 0. The number of carbonyl (C=O) groups is 1. The molecule has 0 amide bonds. The van der Waals surface area contributed by atoms with Crippen LogP contribution in [0.25, 0.3) is 0 Å². The summed E-state index contributed by atoms with van der Waals surface area (Å²) in [5.74, 6) is 2.23. The molecule has 1 aromatic rings.